The van der Waals surface area contributed by atoms with Crippen LogP contribution >= 0.6 is 0 Å². The maximum atomic E-state index is 12.6. The molecule has 0 fully saturated rings. The van der Waals surface area contributed by atoms with Gasteiger partial charge in [0, 0.05) is 12.6 Å². The molecule has 1 unspecified atom stereocenters. The zero-order valence-electron chi connectivity index (χ0n) is 16.8. The number of aliphatic carboxylic acids is 1. The lowest BCUT2D eigenvalue weighted by Crippen LogP contribution is -2.38. The Labute approximate surface area is 176 Å². The molecule has 1 aliphatic carbocycles. The number of nitrogens with one attached hydrogen (secondary N) is 2. The van der Waals surface area contributed by atoms with Gasteiger partial charge in [-0.25, -0.2) is 13.1 Å². The van der Waals surface area contributed by atoms with Gasteiger partial charge in [-0.1, -0.05) is 35.9 Å². The molecule has 0 saturated carbocycles. The normalized spacial score (nSPS) is 16.0. The van der Waals surface area contributed by atoms with Crippen molar-refractivity contribution in [2.45, 2.75) is 50.0 Å². The number of rotatable bonds is 8. The molecule has 3 rings (SSSR count). The minimum absolute atomic E-state index is 0.101. The highest BCUT2D eigenvalue weighted by atomic mass is 32.2. The van der Waals surface area contributed by atoms with E-state index in [2.05, 4.69) is 10.0 Å². The number of hydrogen-bond donors (Lipinski definition) is 3. The van der Waals surface area contributed by atoms with Gasteiger partial charge in [0.25, 0.3) is 0 Å². The maximum Gasteiger partial charge on any atom is 0.305 e. The molecule has 0 spiro atoms. The molecule has 2 aromatic rings. The Morgan fingerprint density at radius 1 is 1.10 bits per heavy atom. The first-order chi connectivity index (χ1) is 14.2. The first-order valence-electron chi connectivity index (χ1n) is 9.91. The summed E-state index contributed by atoms with van der Waals surface area (Å²) in [7, 11) is -3.56. The third-order valence-electron chi connectivity index (χ3n) is 5.18. The van der Waals surface area contributed by atoms with E-state index in [1.54, 1.807) is 24.3 Å². The summed E-state index contributed by atoms with van der Waals surface area (Å²) in [5, 5.41) is 11.2. The number of amides is 1. The Balaban J connectivity index is 1.59. The zero-order chi connectivity index (χ0) is 21.7. The fraction of sp³-hybridized carbons (Fsp3) is 0.364. The highest BCUT2D eigenvalue weighted by molar-refractivity contribution is 7.89. The van der Waals surface area contributed by atoms with Crippen molar-refractivity contribution in [2.75, 3.05) is 6.54 Å². The molecule has 0 radical (unpaired) electrons. The molecule has 1 atom stereocenters. The second-order valence-electron chi connectivity index (χ2n) is 7.65. The van der Waals surface area contributed by atoms with Gasteiger partial charge in [-0.05, 0) is 55.0 Å². The monoisotopic (exact) mass is 430 g/mol. The molecular weight excluding hydrogens is 404 g/mol. The van der Waals surface area contributed by atoms with Gasteiger partial charge in [-0.3, -0.25) is 9.59 Å². The van der Waals surface area contributed by atoms with Gasteiger partial charge in [0.2, 0.25) is 15.9 Å². The van der Waals surface area contributed by atoms with Crippen molar-refractivity contribution >= 4 is 21.9 Å². The van der Waals surface area contributed by atoms with E-state index in [-0.39, 0.29) is 36.2 Å². The molecule has 0 aromatic heterocycles. The summed E-state index contributed by atoms with van der Waals surface area (Å²) in [6.07, 6.45) is 2.11. The van der Waals surface area contributed by atoms with Crippen LogP contribution in [0, 0.1) is 6.92 Å². The van der Waals surface area contributed by atoms with Crippen LogP contribution in [-0.2, 0) is 38.9 Å². The van der Waals surface area contributed by atoms with Crippen LogP contribution in [0.15, 0.2) is 47.4 Å². The van der Waals surface area contributed by atoms with E-state index < -0.39 is 16.0 Å². The van der Waals surface area contributed by atoms with Crippen molar-refractivity contribution < 1.29 is 23.1 Å². The molecule has 8 heteroatoms. The molecule has 0 bridgehead atoms. The third kappa shape index (κ3) is 5.90. The largest absolute Gasteiger partial charge is 0.481 e. The van der Waals surface area contributed by atoms with E-state index in [4.69, 9.17) is 5.11 Å². The molecule has 0 heterocycles. The van der Waals surface area contributed by atoms with Crippen LogP contribution in [0.1, 0.15) is 35.1 Å². The Bertz CT molecular complexity index is 1030. The van der Waals surface area contributed by atoms with Crippen LogP contribution in [-0.4, -0.2) is 38.0 Å². The van der Waals surface area contributed by atoms with Crippen LogP contribution in [0.4, 0.5) is 0 Å². The molecule has 160 valence electrons. The molecule has 2 aromatic carbocycles. The molecule has 1 amide bonds. The van der Waals surface area contributed by atoms with E-state index in [0.717, 1.165) is 28.7 Å². The highest BCUT2D eigenvalue weighted by Crippen LogP contribution is 2.24. The molecule has 3 N–H and O–H groups in total. The average molecular weight is 431 g/mol. The lowest BCUT2D eigenvalue weighted by molar-refractivity contribution is -0.136. The fourth-order valence-electron chi connectivity index (χ4n) is 3.58. The van der Waals surface area contributed by atoms with Crippen molar-refractivity contribution in [1.82, 2.24) is 10.0 Å². The number of hydrogen-bond acceptors (Lipinski definition) is 4. The second kappa shape index (κ2) is 9.40. The van der Waals surface area contributed by atoms with Crippen molar-refractivity contribution in [3.63, 3.8) is 0 Å². The third-order valence-corrected chi connectivity index (χ3v) is 6.71. The lowest BCUT2D eigenvalue weighted by atomic mass is 9.87. The van der Waals surface area contributed by atoms with Gasteiger partial charge >= 0.3 is 5.97 Å². The summed E-state index contributed by atoms with van der Waals surface area (Å²) in [6, 6.07) is 12.4. The van der Waals surface area contributed by atoms with Crippen LogP contribution in [0.2, 0.25) is 0 Å². The van der Waals surface area contributed by atoms with Gasteiger partial charge in [-0.15, -0.1) is 0 Å². The molecule has 7 nitrogen and oxygen atoms in total. The number of fused-ring (bicyclic) bond motifs is 1. The zero-order valence-corrected chi connectivity index (χ0v) is 17.7. The molecule has 0 saturated heterocycles. The Morgan fingerprint density at radius 3 is 2.53 bits per heavy atom. The minimum Gasteiger partial charge on any atom is -0.481 e. The predicted molar refractivity (Wildman–Crippen MR) is 113 cm³/mol. The Kier molecular flexibility index (Phi) is 6.89. The number of sulfonamides is 1. The van der Waals surface area contributed by atoms with Gasteiger partial charge in [0.05, 0.1) is 17.7 Å². The summed E-state index contributed by atoms with van der Waals surface area (Å²) in [4.78, 5) is 22.7. The summed E-state index contributed by atoms with van der Waals surface area (Å²) < 4.78 is 28.1. The van der Waals surface area contributed by atoms with Gasteiger partial charge in [-0.2, -0.15) is 0 Å². The summed E-state index contributed by atoms with van der Waals surface area (Å²) in [6.45, 7) is 2.03. The fourth-order valence-corrected chi connectivity index (χ4v) is 4.85. The summed E-state index contributed by atoms with van der Waals surface area (Å²) >= 11 is 0. The van der Waals surface area contributed by atoms with Gasteiger partial charge < -0.3 is 10.4 Å². The Hall–Kier alpha value is -2.71. The summed E-state index contributed by atoms with van der Waals surface area (Å²) in [5.41, 5.74) is 4.07. The van der Waals surface area contributed by atoms with E-state index >= 15 is 0 Å². The van der Waals surface area contributed by atoms with Crippen molar-refractivity contribution in [3.05, 3.63) is 64.7 Å². The standard InChI is InChI=1S/C22H26N2O5S/c1-15-2-8-20(9-3-15)30(28,29)24-19-7-6-17-12-16(4-5-18(17)14-19)13-21(25)23-11-10-22(26)27/h2-5,8-9,12,19,24H,6-7,10-11,13-14H2,1H3,(H,23,25)(H,26,27). The molecular formula is C22H26N2O5S. The van der Waals surface area contributed by atoms with Crippen molar-refractivity contribution in [1.29, 1.82) is 0 Å². The number of carboxylic acids is 1. The van der Waals surface area contributed by atoms with E-state index in [1.807, 2.05) is 25.1 Å². The van der Waals surface area contributed by atoms with Crippen LogP contribution < -0.4 is 10.0 Å². The van der Waals surface area contributed by atoms with E-state index in [0.29, 0.717) is 12.8 Å². The van der Waals surface area contributed by atoms with Crippen molar-refractivity contribution in [3.8, 4) is 0 Å². The quantitative estimate of drug-likeness (QED) is 0.593. The van der Waals surface area contributed by atoms with Crippen molar-refractivity contribution in [2.24, 2.45) is 0 Å². The minimum atomic E-state index is -3.56. The lowest BCUT2D eigenvalue weighted by Gasteiger charge is -2.26. The number of benzene rings is 2. The molecule has 30 heavy (non-hydrogen) atoms. The smallest absolute Gasteiger partial charge is 0.305 e. The highest BCUT2D eigenvalue weighted by Gasteiger charge is 2.24. The average Bonchev–Trinajstić information content (AvgIpc) is 2.68. The maximum absolute atomic E-state index is 12.6. The van der Waals surface area contributed by atoms with Gasteiger partial charge in [0.15, 0.2) is 0 Å². The summed E-state index contributed by atoms with van der Waals surface area (Å²) in [5.74, 6) is -1.16. The number of aryl methyl sites for hydroxylation is 2. The number of carboxylic acid groups (broad SMARTS) is 1. The van der Waals surface area contributed by atoms with Crippen LogP contribution in [0.5, 0.6) is 0 Å². The first-order valence-corrected chi connectivity index (χ1v) is 11.4. The first kappa shape index (κ1) is 22.0. The SMILES string of the molecule is Cc1ccc(S(=O)(=O)NC2CCc3cc(CC(=O)NCCC(=O)O)ccc3C2)cc1. The molecule has 0 aliphatic heterocycles. The van der Waals surface area contributed by atoms with E-state index in [1.165, 1.54) is 0 Å². The van der Waals surface area contributed by atoms with Crippen LogP contribution in [0.25, 0.3) is 0 Å². The van der Waals surface area contributed by atoms with Crippen LogP contribution in [0.3, 0.4) is 0 Å². The predicted octanol–water partition coefficient (Wildman–Crippen LogP) is 1.96. The van der Waals surface area contributed by atoms with E-state index in [9.17, 15) is 18.0 Å². The molecule has 1 aliphatic rings. The Morgan fingerprint density at radius 2 is 1.83 bits per heavy atom. The number of carbonyl (C=O) groups excluding carboxylic acids is 1. The van der Waals surface area contributed by atoms with Gasteiger partial charge in [0.1, 0.15) is 0 Å². The number of carbonyl (C=O) groups is 2. The second-order valence-corrected chi connectivity index (χ2v) is 9.36. The topological polar surface area (TPSA) is 113 Å².